The molecule has 3 amide bonds. The number of ether oxygens (including phenoxy) is 1. The highest BCUT2D eigenvalue weighted by Crippen LogP contribution is 2.29. The maximum Gasteiger partial charge on any atom is 0.431 e. The lowest BCUT2D eigenvalue weighted by Gasteiger charge is -2.26. The third-order valence-electron chi connectivity index (χ3n) is 4.71. The van der Waals surface area contributed by atoms with E-state index in [0.717, 1.165) is 5.56 Å². The highest BCUT2D eigenvalue weighted by molar-refractivity contribution is 6.21. The van der Waals surface area contributed by atoms with Gasteiger partial charge >= 0.3 is 6.09 Å². The first-order chi connectivity index (χ1) is 13.6. The lowest BCUT2D eigenvalue weighted by Crippen LogP contribution is -2.47. The molecular weight excluding hydrogens is 360 g/mol. The van der Waals surface area contributed by atoms with Gasteiger partial charge < -0.3 is 4.74 Å². The standard InChI is InChI=1S/C21H18N2O5/c24-19-15-9-4-5-10-16(15)20(25)23(19)17-11-6-12-18(17)28-22-21(26)27-13-14-7-2-1-3-8-14/h1-11,17-18H,12-13H2,(H,22,26). The molecule has 7 nitrogen and oxygen atoms in total. The number of carbonyl (C=O) groups is 3. The van der Waals surface area contributed by atoms with Gasteiger partial charge in [0.1, 0.15) is 12.7 Å². The van der Waals surface area contributed by atoms with Gasteiger partial charge in [0.15, 0.2) is 0 Å². The lowest BCUT2D eigenvalue weighted by atomic mass is 10.1. The molecule has 2 aromatic carbocycles. The van der Waals surface area contributed by atoms with Gasteiger partial charge in [0.25, 0.3) is 11.8 Å². The van der Waals surface area contributed by atoms with Gasteiger partial charge in [0, 0.05) is 0 Å². The van der Waals surface area contributed by atoms with Crippen LogP contribution in [-0.2, 0) is 16.2 Å². The second-order valence-electron chi connectivity index (χ2n) is 6.50. The van der Waals surface area contributed by atoms with Crippen molar-refractivity contribution in [1.82, 2.24) is 10.4 Å². The van der Waals surface area contributed by atoms with Gasteiger partial charge in [-0.3, -0.25) is 19.3 Å². The Balaban J connectivity index is 1.35. The minimum absolute atomic E-state index is 0.112. The summed E-state index contributed by atoms with van der Waals surface area (Å²) in [5, 5.41) is 0. The van der Waals surface area contributed by atoms with Crippen molar-refractivity contribution in [2.45, 2.75) is 25.2 Å². The number of amides is 3. The van der Waals surface area contributed by atoms with Gasteiger partial charge in [-0.05, 0) is 24.1 Å². The van der Waals surface area contributed by atoms with E-state index in [1.54, 1.807) is 30.3 Å². The summed E-state index contributed by atoms with van der Waals surface area (Å²) < 4.78 is 5.10. The Morgan fingerprint density at radius 3 is 2.32 bits per heavy atom. The average molecular weight is 378 g/mol. The average Bonchev–Trinajstić information content (AvgIpc) is 3.28. The SMILES string of the molecule is O=C(NOC1CC=CC1N1C(=O)c2ccccc2C1=O)OCc1ccccc1. The Labute approximate surface area is 161 Å². The molecule has 142 valence electrons. The minimum Gasteiger partial charge on any atom is -0.443 e. The Morgan fingerprint density at radius 1 is 1.00 bits per heavy atom. The molecule has 4 rings (SSSR count). The van der Waals surface area contributed by atoms with E-state index in [2.05, 4.69) is 5.48 Å². The summed E-state index contributed by atoms with van der Waals surface area (Å²) in [5.41, 5.74) is 3.85. The number of benzene rings is 2. The molecule has 0 radical (unpaired) electrons. The predicted octanol–water partition coefficient (Wildman–Crippen LogP) is 2.84. The molecule has 1 aliphatic heterocycles. The largest absolute Gasteiger partial charge is 0.443 e. The molecule has 2 aromatic rings. The number of carbonyl (C=O) groups excluding carboxylic acids is 3. The smallest absolute Gasteiger partial charge is 0.431 e. The fraction of sp³-hybridized carbons (Fsp3) is 0.190. The monoisotopic (exact) mass is 378 g/mol. The summed E-state index contributed by atoms with van der Waals surface area (Å²) in [7, 11) is 0. The van der Waals surface area contributed by atoms with Crippen LogP contribution in [0.15, 0.2) is 66.7 Å². The third kappa shape index (κ3) is 3.39. The Kier molecular flexibility index (Phi) is 4.90. The van der Waals surface area contributed by atoms with Crippen molar-refractivity contribution in [2.75, 3.05) is 0 Å². The van der Waals surface area contributed by atoms with E-state index in [1.807, 2.05) is 36.4 Å². The first-order valence-electron chi connectivity index (χ1n) is 8.91. The number of fused-ring (bicyclic) bond motifs is 1. The first kappa shape index (κ1) is 17.9. The zero-order valence-electron chi connectivity index (χ0n) is 14.9. The van der Waals surface area contributed by atoms with Crippen LogP contribution in [0.5, 0.6) is 0 Å². The van der Waals surface area contributed by atoms with Gasteiger partial charge in [0.05, 0.1) is 17.2 Å². The van der Waals surface area contributed by atoms with Crippen LogP contribution in [0.1, 0.15) is 32.7 Å². The molecule has 7 heteroatoms. The number of nitrogens with one attached hydrogen (secondary N) is 1. The van der Waals surface area contributed by atoms with E-state index in [4.69, 9.17) is 9.57 Å². The van der Waals surface area contributed by atoms with Crippen molar-refractivity contribution in [3.63, 3.8) is 0 Å². The van der Waals surface area contributed by atoms with Crippen LogP contribution in [0.2, 0.25) is 0 Å². The van der Waals surface area contributed by atoms with E-state index < -0.39 is 18.2 Å². The molecule has 1 N–H and O–H groups in total. The van der Waals surface area contributed by atoms with Gasteiger partial charge in [-0.25, -0.2) is 4.79 Å². The quantitative estimate of drug-likeness (QED) is 0.491. The van der Waals surface area contributed by atoms with Gasteiger partial charge in [-0.2, -0.15) is 5.48 Å². The summed E-state index contributed by atoms with van der Waals surface area (Å²) in [6, 6.07) is 15.4. The molecule has 0 aromatic heterocycles. The Hall–Kier alpha value is -3.45. The molecular formula is C21H18N2O5. The second-order valence-corrected chi connectivity index (χ2v) is 6.50. The lowest BCUT2D eigenvalue weighted by molar-refractivity contribution is -0.0410. The molecule has 1 aliphatic carbocycles. The van der Waals surface area contributed by atoms with Crippen molar-refractivity contribution in [2.24, 2.45) is 0 Å². The van der Waals surface area contributed by atoms with Crippen LogP contribution in [0.25, 0.3) is 0 Å². The fourth-order valence-electron chi connectivity index (χ4n) is 3.34. The highest BCUT2D eigenvalue weighted by atomic mass is 16.7. The van der Waals surface area contributed by atoms with Crippen molar-refractivity contribution in [3.05, 3.63) is 83.4 Å². The number of hydroxylamine groups is 1. The topological polar surface area (TPSA) is 84.9 Å². The van der Waals surface area contributed by atoms with Crippen LogP contribution in [0, 0.1) is 0 Å². The van der Waals surface area contributed by atoms with E-state index in [-0.39, 0.29) is 18.4 Å². The molecule has 1 heterocycles. The van der Waals surface area contributed by atoms with Crippen molar-refractivity contribution < 1.29 is 24.0 Å². The van der Waals surface area contributed by atoms with E-state index in [9.17, 15) is 14.4 Å². The maximum atomic E-state index is 12.6. The van der Waals surface area contributed by atoms with Gasteiger partial charge in [-0.1, -0.05) is 54.6 Å². The Morgan fingerprint density at radius 2 is 1.64 bits per heavy atom. The van der Waals surface area contributed by atoms with E-state index >= 15 is 0 Å². The summed E-state index contributed by atoms with van der Waals surface area (Å²) in [5.74, 6) is -0.727. The number of nitrogens with zero attached hydrogens (tertiary/aromatic N) is 1. The van der Waals surface area contributed by atoms with Crippen LogP contribution in [0.3, 0.4) is 0 Å². The molecule has 0 fully saturated rings. The van der Waals surface area contributed by atoms with E-state index in [0.29, 0.717) is 17.5 Å². The summed E-state index contributed by atoms with van der Waals surface area (Å²) in [6.07, 6.45) is 2.69. The number of imide groups is 1. The van der Waals surface area contributed by atoms with Crippen LogP contribution in [0.4, 0.5) is 4.79 Å². The van der Waals surface area contributed by atoms with E-state index in [1.165, 1.54) is 4.90 Å². The van der Waals surface area contributed by atoms with Crippen LogP contribution >= 0.6 is 0 Å². The normalized spacial score (nSPS) is 20.4. The molecule has 0 bridgehead atoms. The molecule has 28 heavy (non-hydrogen) atoms. The molecule has 0 saturated carbocycles. The third-order valence-corrected chi connectivity index (χ3v) is 4.71. The summed E-state index contributed by atoms with van der Waals surface area (Å²) in [4.78, 5) is 43.8. The number of hydrogen-bond donors (Lipinski definition) is 1. The zero-order valence-corrected chi connectivity index (χ0v) is 14.9. The predicted molar refractivity (Wildman–Crippen MR) is 99.1 cm³/mol. The van der Waals surface area contributed by atoms with Crippen molar-refractivity contribution in [1.29, 1.82) is 0 Å². The summed E-state index contributed by atoms with van der Waals surface area (Å²) in [6.45, 7) is 0.112. The highest BCUT2D eigenvalue weighted by Gasteiger charge is 2.43. The first-order valence-corrected chi connectivity index (χ1v) is 8.91. The minimum atomic E-state index is -0.739. The van der Waals surface area contributed by atoms with Crippen LogP contribution < -0.4 is 5.48 Å². The molecule has 2 atom stereocenters. The molecule has 0 spiro atoms. The molecule has 0 saturated heterocycles. The van der Waals surface area contributed by atoms with Crippen LogP contribution in [-0.4, -0.2) is 35.0 Å². The number of hydrogen-bond acceptors (Lipinski definition) is 5. The second kappa shape index (κ2) is 7.66. The summed E-state index contributed by atoms with van der Waals surface area (Å²) >= 11 is 0. The maximum absolute atomic E-state index is 12.6. The van der Waals surface area contributed by atoms with Crippen molar-refractivity contribution in [3.8, 4) is 0 Å². The van der Waals surface area contributed by atoms with Crippen molar-refractivity contribution >= 4 is 17.9 Å². The van der Waals surface area contributed by atoms with Gasteiger partial charge in [-0.15, -0.1) is 0 Å². The number of rotatable bonds is 5. The zero-order chi connectivity index (χ0) is 19.5. The van der Waals surface area contributed by atoms with Gasteiger partial charge in [0.2, 0.25) is 0 Å². The fourth-order valence-corrected chi connectivity index (χ4v) is 3.34. The molecule has 2 unspecified atom stereocenters. The Bertz CT molecular complexity index is 906. The molecule has 2 aliphatic rings.